The number of amides is 2. The lowest BCUT2D eigenvalue weighted by atomic mass is 9.99. The molecule has 3 rings (SSSR count). The number of benzene rings is 1. The van der Waals surface area contributed by atoms with Gasteiger partial charge in [-0.25, -0.2) is 0 Å². The van der Waals surface area contributed by atoms with Gasteiger partial charge in [0.1, 0.15) is 11.8 Å². The number of carbonyl (C=O) groups excluding carboxylic acids is 2. The number of carbonyl (C=O) groups is 2. The molecule has 2 fully saturated rings. The summed E-state index contributed by atoms with van der Waals surface area (Å²) in [4.78, 5) is 26.6. The predicted molar refractivity (Wildman–Crippen MR) is 91.8 cm³/mol. The molecule has 6 nitrogen and oxygen atoms in total. The van der Waals surface area contributed by atoms with Crippen molar-refractivity contribution in [1.82, 2.24) is 5.32 Å². The molecule has 6 heteroatoms. The molecule has 130 valence electrons. The number of nitrogens with two attached hydrogens (primary N) is 1. The third-order valence-electron chi connectivity index (χ3n) is 5.08. The number of rotatable bonds is 5. The summed E-state index contributed by atoms with van der Waals surface area (Å²) in [5.74, 6) is 0.753. The van der Waals surface area contributed by atoms with E-state index in [1.54, 1.807) is 12.0 Å². The lowest BCUT2D eigenvalue weighted by Gasteiger charge is -2.20. The van der Waals surface area contributed by atoms with E-state index in [1.807, 2.05) is 24.3 Å². The molecule has 0 aromatic heterocycles. The molecule has 24 heavy (non-hydrogen) atoms. The highest BCUT2D eigenvalue weighted by Crippen LogP contribution is 2.31. The molecule has 1 aliphatic heterocycles. The van der Waals surface area contributed by atoms with Crippen molar-refractivity contribution in [1.29, 1.82) is 0 Å². The van der Waals surface area contributed by atoms with Crippen LogP contribution in [0.5, 0.6) is 5.75 Å². The summed E-state index contributed by atoms with van der Waals surface area (Å²) >= 11 is 0. The predicted octanol–water partition coefficient (Wildman–Crippen LogP) is 1.43. The summed E-state index contributed by atoms with van der Waals surface area (Å²) in [5.41, 5.74) is 6.77. The Balaban J connectivity index is 1.61. The zero-order valence-corrected chi connectivity index (χ0v) is 14.0. The lowest BCUT2D eigenvalue weighted by molar-refractivity contribution is -0.127. The Morgan fingerprint density at radius 2 is 2.12 bits per heavy atom. The molecule has 3 atom stereocenters. The largest absolute Gasteiger partial charge is 0.495 e. The van der Waals surface area contributed by atoms with Gasteiger partial charge < -0.3 is 20.7 Å². The maximum absolute atomic E-state index is 12.6. The number of anilines is 1. The van der Waals surface area contributed by atoms with Crippen LogP contribution in [0, 0.1) is 5.92 Å². The Kier molecular flexibility index (Phi) is 5.04. The van der Waals surface area contributed by atoms with Crippen LogP contribution in [-0.4, -0.2) is 37.6 Å². The number of ether oxygens (including phenoxy) is 1. The number of para-hydroxylation sites is 2. The average Bonchev–Trinajstić information content (AvgIpc) is 3.14. The van der Waals surface area contributed by atoms with Crippen LogP contribution in [-0.2, 0) is 9.59 Å². The van der Waals surface area contributed by atoms with Gasteiger partial charge in [0, 0.05) is 19.0 Å². The van der Waals surface area contributed by atoms with Gasteiger partial charge in [-0.2, -0.15) is 0 Å². The fourth-order valence-corrected chi connectivity index (χ4v) is 3.72. The summed E-state index contributed by atoms with van der Waals surface area (Å²) < 4.78 is 5.33. The first-order valence-corrected chi connectivity index (χ1v) is 8.59. The Bertz CT molecular complexity index is 619. The minimum absolute atomic E-state index is 0.0717. The van der Waals surface area contributed by atoms with Crippen LogP contribution in [0.4, 0.5) is 5.69 Å². The molecule has 1 saturated carbocycles. The molecule has 1 aromatic rings. The van der Waals surface area contributed by atoms with E-state index < -0.39 is 6.04 Å². The van der Waals surface area contributed by atoms with E-state index in [1.165, 1.54) is 0 Å². The van der Waals surface area contributed by atoms with Gasteiger partial charge in [-0.3, -0.25) is 9.59 Å². The molecule has 0 bridgehead atoms. The van der Waals surface area contributed by atoms with E-state index >= 15 is 0 Å². The van der Waals surface area contributed by atoms with Gasteiger partial charge in [0.15, 0.2) is 0 Å². The number of nitrogens with one attached hydrogen (secondary N) is 1. The van der Waals surface area contributed by atoms with Gasteiger partial charge in [-0.15, -0.1) is 0 Å². The first-order chi connectivity index (χ1) is 11.6. The van der Waals surface area contributed by atoms with Gasteiger partial charge >= 0.3 is 0 Å². The highest BCUT2D eigenvalue weighted by atomic mass is 16.5. The molecule has 3 N–H and O–H groups in total. The summed E-state index contributed by atoms with van der Waals surface area (Å²) in [7, 11) is 1.59. The maximum Gasteiger partial charge on any atom is 0.249 e. The minimum Gasteiger partial charge on any atom is -0.495 e. The second-order valence-corrected chi connectivity index (χ2v) is 6.63. The lowest BCUT2D eigenvalue weighted by Crippen LogP contribution is -2.42. The van der Waals surface area contributed by atoms with Crippen LogP contribution >= 0.6 is 0 Å². The van der Waals surface area contributed by atoms with Crippen molar-refractivity contribution < 1.29 is 14.3 Å². The van der Waals surface area contributed by atoms with Crippen molar-refractivity contribution in [3.63, 3.8) is 0 Å². The Morgan fingerprint density at radius 1 is 1.33 bits per heavy atom. The number of nitrogens with zero attached hydrogens (tertiary/aromatic N) is 1. The fraction of sp³-hybridized carbons (Fsp3) is 0.556. The van der Waals surface area contributed by atoms with Crippen molar-refractivity contribution in [2.24, 2.45) is 11.7 Å². The van der Waals surface area contributed by atoms with Crippen LogP contribution in [0.25, 0.3) is 0 Å². The maximum atomic E-state index is 12.6. The van der Waals surface area contributed by atoms with E-state index in [9.17, 15) is 9.59 Å². The van der Waals surface area contributed by atoms with E-state index in [0.717, 1.165) is 24.9 Å². The Morgan fingerprint density at radius 3 is 2.83 bits per heavy atom. The Hall–Kier alpha value is -2.08. The second kappa shape index (κ2) is 7.21. The van der Waals surface area contributed by atoms with Gasteiger partial charge in [0.05, 0.1) is 12.8 Å². The van der Waals surface area contributed by atoms with Gasteiger partial charge in [-0.1, -0.05) is 18.6 Å². The molecule has 1 heterocycles. The number of hydrogen-bond donors (Lipinski definition) is 2. The highest BCUT2D eigenvalue weighted by molar-refractivity contribution is 6.02. The fourth-order valence-electron chi connectivity index (χ4n) is 3.72. The van der Waals surface area contributed by atoms with E-state index in [-0.39, 0.29) is 23.8 Å². The van der Waals surface area contributed by atoms with Crippen LogP contribution in [0.15, 0.2) is 24.3 Å². The Labute approximate surface area is 142 Å². The first kappa shape index (κ1) is 16.8. The van der Waals surface area contributed by atoms with Crippen molar-refractivity contribution in [2.45, 2.75) is 44.2 Å². The molecular formula is C18H25N3O3. The smallest absolute Gasteiger partial charge is 0.249 e. The first-order valence-electron chi connectivity index (χ1n) is 8.59. The van der Waals surface area contributed by atoms with Gasteiger partial charge in [0.25, 0.3) is 0 Å². The molecule has 1 saturated heterocycles. The number of methoxy groups -OCH3 is 1. The summed E-state index contributed by atoms with van der Waals surface area (Å²) in [6.45, 7) is 0.576. The molecular weight excluding hydrogens is 306 g/mol. The zero-order valence-electron chi connectivity index (χ0n) is 14.0. The summed E-state index contributed by atoms with van der Waals surface area (Å²) in [5, 5.41) is 2.89. The topological polar surface area (TPSA) is 84.7 Å². The third-order valence-corrected chi connectivity index (χ3v) is 5.08. The summed E-state index contributed by atoms with van der Waals surface area (Å²) in [6, 6.07) is 7.08. The SMILES string of the molecule is COc1ccccc1N1CCC(NC(=O)C[C@@H]2CCC[C@H]2N)C1=O. The summed E-state index contributed by atoms with van der Waals surface area (Å²) in [6.07, 6.45) is 4.10. The zero-order chi connectivity index (χ0) is 17.1. The monoisotopic (exact) mass is 331 g/mol. The highest BCUT2D eigenvalue weighted by Gasteiger charge is 2.35. The van der Waals surface area contributed by atoms with Crippen molar-refractivity contribution in [3.8, 4) is 5.75 Å². The van der Waals surface area contributed by atoms with Crippen molar-refractivity contribution in [3.05, 3.63) is 24.3 Å². The van der Waals surface area contributed by atoms with Crippen LogP contribution in [0.3, 0.4) is 0 Å². The second-order valence-electron chi connectivity index (χ2n) is 6.63. The van der Waals surface area contributed by atoms with Crippen LogP contribution < -0.4 is 20.7 Å². The van der Waals surface area contributed by atoms with E-state index in [4.69, 9.17) is 10.5 Å². The van der Waals surface area contributed by atoms with E-state index in [0.29, 0.717) is 25.1 Å². The van der Waals surface area contributed by atoms with Crippen LogP contribution in [0.2, 0.25) is 0 Å². The average molecular weight is 331 g/mol. The minimum atomic E-state index is -0.458. The standard InChI is InChI=1S/C18H25N3O3/c1-24-16-8-3-2-7-15(16)21-10-9-14(18(21)23)20-17(22)11-12-5-4-6-13(12)19/h2-3,7-8,12-14H,4-6,9-11,19H2,1H3,(H,20,22)/t12-,13+,14?/m0/s1. The normalized spacial score (nSPS) is 26.7. The van der Waals surface area contributed by atoms with Gasteiger partial charge in [-0.05, 0) is 37.3 Å². The molecule has 2 amide bonds. The van der Waals surface area contributed by atoms with Crippen molar-refractivity contribution >= 4 is 17.5 Å². The molecule has 2 aliphatic rings. The molecule has 0 spiro atoms. The van der Waals surface area contributed by atoms with E-state index in [2.05, 4.69) is 5.32 Å². The van der Waals surface area contributed by atoms with Crippen LogP contribution in [0.1, 0.15) is 32.1 Å². The molecule has 1 aliphatic carbocycles. The molecule has 0 radical (unpaired) electrons. The molecule has 1 unspecified atom stereocenters. The molecule has 1 aromatic carbocycles. The quantitative estimate of drug-likeness (QED) is 0.855. The van der Waals surface area contributed by atoms with Crippen molar-refractivity contribution in [2.75, 3.05) is 18.6 Å². The number of hydrogen-bond acceptors (Lipinski definition) is 4. The van der Waals surface area contributed by atoms with Gasteiger partial charge in [0.2, 0.25) is 11.8 Å². The third kappa shape index (κ3) is 3.38.